The second-order valence-corrected chi connectivity index (χ2v) is 5.19. The zero-order valence-corrected chi connectivity index (χ0v) is 12.5. The van der Waals surface area contributed by atoms with Crippen LogP contribution in [0, 0.1) is 10.1 Å². The summed E-state index contributed by atoms with van der Waals surface area (Å²) in [4.78, 5) is 25.6. The molecule has 0 bridgehead atoms. The number of benzene rings is 2. The molecule has 0 saturated carbocycles. The van der Waals surface area contributed by atoms with Gasteiger partial charge in [0.1, 0.15) is 5.82 Å². The molecule has 3 rings (SSSR count). The van der Waals surface area contributed by atoms with Crippen molar-refractivity contribution in [2.24, 2.45) is 0 Å². The van der Waals surface area contributed by atoms with Crippen LogP contribution >= 0.6 is 0 Å². The standard InChI is InChI=1S/C17H13N3O4/c21-17(22)14-3-1-2-12(10-14)11-19-9-8-18-16(19)13-4-6-15(7-5-13)20(23)24/h1-10H,11H2,(H,21,22). The molecule has 0 amide bonds. The second kappa shape index (κ2) is 6.33. The van der Waals surface area contributed by atoms with E-state index in [1.54, 1.807) is 36.7 Å². The topological polar surface area (TPSA) is 98.3 Å². The molecule has 1 aromatic heterocycles. The molecule has 0 aliphatic heterocycles. The molecular weight excluding hydrogens is 310 g/mol. The lowest BCUT2D eigenvalue weighted by molar-refractivity contribution is -0.384. The Morgan fingerprint density at radius 2 is 1.96 bits per heavy atom. The number of nitro groups is 1. The van der Waals surface area contributed by atoms with Crippen LogP contribution < -0.4 is 0 Å². The predicted octanol–water partition coefficient (Wildman–Crippen LogP) is 3.20. The fourth-order valence-electron chi connectivity index (χ4n) is 2.43. The van der Waals surface area contributed by atoms with E-state index < -0.39 is 10.9 Å². The van der Waals surface area contributed by atoms with Crippen LogP contribution in [-0.4, -0.2) is 25.6 Å². The number of nitrogens with zero attached hydrogens (tertiary/aromatic N) is 3. The second-order valence-electron chi connectivity index (χ2n) is 5.19. The highest BCUT2D eigenvalue weighted by Gasteiger charge is 2.10. The van der Waals surface area contributed by atoms with Crippen LogP contribution in [0.15, 0.2) is 60.9 Å². The first kappa shape index (κ1) is 15.4. The summed E-state index contributed by atoms with van der Waals surface area (Å²) >= 11 is 0. The highest BCUT2D eigenvalue weighted by molar-refractivity contribution is 5.87. The molecular formula is C17H13N3O4. The molecule has 1 N–H and O–H groups in total. The van der Waals surface area contributed by atoms with Crippen LogP contribution in [0.3, 0.4) is 0 Å². The molecule has 3 aromatic rings. The Balaban J connectivity index is 1.89. The molecule has 24 heavy (non-hydrogen) atoms. The van der Waals surface area contributed by atoms with Crippen molar-refractivity contribution in [3.8, 4) is 11.4 Å². The van der Waals surface area contributed by atoms with Crippen molar-refractivity contribution in [2.75, 3.05) is 0 Å². The number of hydrogen-bond acceptors (Lipinski definition) is 4. The van der Waals surface area contributed by atoms with Gasteiger partial charge in [-0.05, 0) is 29.8 Å². The smallest absolute Gasteiger partial charge is 0.335 e. The summed E-state index contributed by atoms with van der Waals surface area (Å²) < 4.78 is 1.86. The van der Waals surface area contributed by atoms with Gasteiger partial charge in [0.15, 0.2) is 0 Å². The average Bonchev–Trinajstić information content (AvgIpc) is 3.03. The predicted molar refractivity (Wildman–Crippen MR) is 86.8 cm³/mol. The van der Waals surface area contributed by atoms with Crippen LogP contribution in [0.5, 0.6) is 0 Å². The maximum absolute atomic E-state index is 11.1. The van der Waals surface area contributed by atoms with Gasteiger partial charge >= 0.3 is 5.97 Å². The van der Waals surface area contributed by atoms with E-state index >= 15 is 0 Å². The molecule has 120 valence electrons. The van der Waals surface area contributed by atoms with Gasteiger partial charge in [0.05, 0.1) is 10.5 Å². The summed E-state index contributed by atoms with van der Waals surface area (Å²) in [6.07, 6.45) is 3.42. The van der Waals surface area contributed by atoms with Crippen molar-refractivity contribution in [3.05, 3.63) is 82.2 Å². The molecule has 1 heterocycles. The summed E-state index contributed by atoms with van der Waals surface area (Å²) in [7, 11) is 0. The van der Waals surface area contributed by atoms with Crippen molar-refractivity contribution >= 4 is 11.7 Å². The Bertz CT molecular complexity index is 900. The fraction of sp³-hybridized carbons (Fsp3) is 0.0588. The first-order valence-corrected chi connectivity index (χ1v) is 7.13. The summed E-state index contributed by atoms with van der Waals surface area (Å²) in [5.41, 5.74) is 1.83. The molecule has 0 fully saturated rings. The van der Waals surface area contributed by atoms with Crippen molar-refractivity contribution in [2.45, 2.75) is 6.54 Å². The Kier molecular flexibility index (Phi) is 4.07. The molecule has 0 atom stereocenters. The van der Waals surface area contributed by atoms with E-state index in [2.05, 4.69) is 4.98 Å². The van der Waals surface area contributed by atoms with E-state index in [0.717, 1.165) is 11.1 Å². The number of carbonyl (C=O) groups is 1. The average molecular weight is 323 g/mol. The SMILES string of the molecule is O=C(O)c1cccc(Cn2ccnc2-c2ccc([N+](=O)[O-])cc2)c1. The van der Waals surface area contributed by atoms with E-state index in [0.29, 0.717) is 12.4 Å². The van der Waals surface area contributed by atoms with E-state index in [1.807, 2.05) is 10.6 Å². The van der Waals surface area contributed by atoms with Gasteiger partial charge in [0, 0.05) is 36.6 Å². The van der Waals surface area contributed by atoms with Crippen molar-refractivity contribution in [3.63, 3.8) is 0 Å². The highest BCUT2D eigenvalue weighted by Crippen LogP contribution is 2.22. The Morgan fingerprint density at radius 1 is 1.21 bits per heavy atom. The third kappa shape index (κ3) is 3.14. The number of aromatic carboxylic acids is 1. The van der Waals surface area contributed by atoms with Crippen LogP contribution in [0.2, 0.25) is 0 Å². The molecule has 0 saturated heterocycles. The maximum Gasteiger partial charge on any atom is 0.335 e. The number of nitro benzene ring substituents is 1. The van der Waals surface area contributed by atoms with Crippen LogP contribution in [0.25, 0.3) is 11.4 Å². The van der Waals surface area contributed by atoms with Gasteiger partial charge in [0.2, 0.25) is 0 Å². The minimum Gasteiger partial charge on any atom is -0.478 e. The van der Waals surface area contributed by atoms with Crippen molar-refractivity contribution < 1.29 is 14.8 Å². The number of non-ortho nitro benzene ring substituents is 1. The lowest BCUT2D eigenvalue weighted by atomic mass is 10.1. The minimum absolute atomic E-state index is 0.0195. The number of carboxylic acids is 1. The number of imidazole rings is 1. The Morgan fingerprint density at radius 3 is 2.62 bits per heavy atom. The highest BCUT2D eigenvalue weighted by atomic mass is 16.6. The fourth-order valence-corrected chi connectivity index (χ4v) is 2.43. The number of carboxylic acid groups (broad SMARTS) is 1. The van der Waals surface area contributed by atoms with Crippen molar-refractivity contribution in [1.29, 1.82) is 0 Å². The third-order valence-corrected chi connectivity index (χ3v) is 3.58. The van der Waals surface area contributed by atoms with Crippen LogP contribution in [0.1, 0.15) is 15.9 Å². The van der Waals surface area contributed by atoms with Gasteiger partial charge in [-0.3, -0.25) is 10.1 Å². The van der Waals surface area contributed by atoms with E-state index in [4.69, 9.17) is 5.11 Å². The summed E-state index contributed by atoms with van der Waals surface area (Å²) in [6.45, 7) is 0.452. The molecule has 2 aromatic carbocycles. The quantitative estimate of drug-likeness (QED) is 0.574. The number of rotatable bonds is 5. The zero-order valence-electron chi connectivity index (χ0n) is 12.5. The van der Waals surface area contributed by atoms with Gasteiger partial charge in [-0.25, -0.2) is 9.78 Å². The lowest BCUT2D eigenvalue weighted by Gasteiger charge is -2.09. The van der Waals surface area contributed by atoms with E-state index in [9.17, 15) is 14.9 Å². The summed E-state index contributed by atoms with van der Waals surface area (Å²) in [6, 6.07) is 12.8. The van der Waals surface area contributed by atoms with Gasteiger partial charge < -0.3 is 9.67 Å². The molecule has 0 unspecified atom stereocenters. The monoisotopic (exact) mass is 323 g/mol. The van der Waals surface area contributed by atoms with Crippen molar-refractivity contribution in [1.82, 2.24) is 9.55 Å². The normalized spacial score (nSPS) is 10.5. The largest absolute Gasteiger partial charge is 0.478 e. The molecule has 7 nitrogen and oxygen atoms in total. The van der Waals surface area contributed by atoms with Gasteiger partial charge in [-0.2, -0.15) is 0 Å². The number of hydrogen-bond donors (Lipinski definition) is 1. The maximum atomic E-state index is 11.1. The summed E-state index contributed by atoms with van der Waals surface area (Å²) in [5, 5.41) is 19.8. The molecule has 7 heteroatoms. The Labute approximate surface area is 137 Å². The molecule has 0 aliphatic rings. The number of aromatic nitrogens is 2. The summed E-state index contributed by atoms with van der Waals surface area (Å²) in [5.74, 6) is -0.316. The van der Waals surface area contributed by atoms with Gasteiger partial charge in [-0.1, -0.05) is 12.1 Å². The van der Waals surface area contributed by atoms with Gasteiger partial charge in [0.25, 0.3) is 5.69 Å². The van der Waals surface area contributed by atoms with Gasteiger partial charge in [-0.15, -0.1) is 0 Å². The van der Waals surface area contributed by atoms with Crippen LogP contribution in [0.4, 0.5) is 5.69 Å². The van der Waals surface area contributed by atoms with E-state index in [-0.39, 0.29) is 11.3 Å². The first-order chi connectivity index (χ1) is 11.5. The lowest BCUT2D eigenvalue weighted by Crippen LogP contribution is -2.03. The molecule has 0 spiro atoms. The minimum atomic E-state index is -0.974. The first-order valence-electron chi connectivity index (χ1n) is 7.13. The van der Waals surface area contributed by atoms with Crippen LogP contribution in [-0.2, 0) is 6.54 Å². The zero-order chi connectivity index (χ0) is 17.1. The molecule has 0 aliphatic carbocycles. The van der Waals surface area contributed by atoms with E-state index in [1.165, 1.54) is 18.2 Å². The molecule has 0 radical (unpaired) electrons. The third-order valence-electron chi connectivity index (χ3n) is 3.58. The Hall–Kier alpha value is -3.48.